The number of hydrogen-bond donors (Lipinski definition) is 1. The number of amides is 1. The van der Waals surface area contributed by atoms with Crippen LogP contribution in [0.1, 0.15) is 190 Å². The van der Waals surface area contributed by atoms with Gasteiger partial charge < -0.3 is 42.0 Å². The molecule has 72 heavy (non-hydrogen) atoms. The second kappa shape index (κ2) is 26.5. The van der Waals surface area contributed by atoms with Gasteiger partial charge in [-0.05, 0) is 160 Å². The highest BCUT2D eigenvalue weighted by atomic mass is 28.4. The molecule has 1 amide bonds. The zero-order valence-electron chi connectivity index (χ0n) is 51.9. The topological polar surface area (TPSA) is 120 Å². The molecule has 6 atom stereocenters. The molecule has 0 bridgehead atoms. The predicted molar refractivity (Wildman–Crippen MR) is 312 cm³/mol. The lowest BCUT2D eigenvalue weighted by Crippen LogP contribution is -2.50. The molecular formula is C57H115NO10Si4. The average Bonchev–Trinajstić information content (AvgIpc) is 3.12. The van der Waals surface area contributed by atoms with Gasteiger partial charge in [0, 0.05) is 31.9 Å². The third-order valence-corrected chi connectivity index (χ3v) is 33.7. The zero-order chi connectivity index (χ0) is 56.4. The number of nitrogens with one attached hydrogen (secondary N) is 1. The van der Waals surface area contributed by atoms with Crippen molar-refractivity contribution in [2.45, 2.75) is 310 Å². The summed E-state index contributed by atoms with van der Waals surface area (Å²) >= 11 is 0. The summed E-state index contributed by atoms with van der Waals surface area (Å²) < 4.78 is 53.3. The van der Waals surface area contributed by atoms with E-state index >= 15 is 0 Å². The van der Waals surface area contributed by atoms with Crippen molar-refractivity contribution >= 4 is 45.3 Å². The first-order valence-corrected chi connectivity index (χ1v) is 39.2. The summed E-state index contributed by atoms with van der Waals surface area (Å²) in [4.78, 5) is 25.2. The van der Waals surface area contributed by atoms with Crippen molar-refractivity contribution in [2.24, 2.45) is 5.41 Å². The monoisotopic (exact) mass is 1090 g/mol. The number of rotatable bonds is 25. The molecule has 1 aliphatic rings. The summed E-state index contributed by atoms with van der Waals surface area (Å²) in [6.45, 7) is 62.0. The molecule has 1 heterocycles. The molecule has 424 valence electrons. The van der Waals surface area contributed by atoms with Crippen molar-refractivity contribution in [3.63, 3.8) is 0 Å². The van der Waals surface area contributed by atoms with Gasteiger partial charge in [0.2, 0.25) is 0 Å². The fraction of sp³-hybridized carbons (Fsp3) is 0.895. The molecule has 0 aromatic rings. The van der Waals surface area contributed by atoms with Crippen LogP contribution in [0.4, 0.5) is 4.79 Å². The molecule has 15 heteroatoms. The lowest BCUT2D eigenvalue weighted by atomic mass is 9.97. The van der Waals surface area contributed by atoms with Gasteiger partial charge in [-0.15, -0.1) is 0 Å². The molecule has 0 radical (unpaired) electrons. The van der Waals surface area contributed by atoms with Crippen LogP contribution in [0.25, 0.3) is 0 Å². The van der Waals surface area contributed by atoms with Gasteiger partial charge in [-0.2, -0.15) is 0 Å². The molecule has 0 aliphatic carbocycles. The second-order valence-electron chi connectivity index (χ2n) is 29.5. The molecular weight excluding hydrogens is 971 g/mol. The van der Waals surface area contributed by atoms with Crippen LogP contribution in [-0.4, -0.2) is 106 Å². The van der Waals surface area contributed by atoms with Crippen molar-refractivity contribution in [3.05, 3.63) is 24.3 Å². The molecule has 0 aromatic carbocycles. The van der Waals surface area contributed by atoms with E-state index in [2.05, 4.69) is 165 Å². The quantitative estimate of drug-likeness (QED) is 0.0409. The van der Waals surface area contributed by atoms with E-state index in [9.17, 15) is 9.59 Å². The SMILES string of the molecule is CC(C)(C)OC(=O)NCCC[C@H](C/C=C/[C@H](C/C=C/[C@H](C[C@H]1C[C@H](C[C@@H](CCOC(=O)C(C)(C)C)O[Si](C)(C)C(C)(C)C)OC(C)(C)O1)O[Si](C)(C)C(C)(C)C)O[Si](C)(C)C(C)(C)C)O[Si](C)(C)C(C)(C)C. The molecule has 1 fully saturated rings. The standard InChI is InChI=1S/C57H115NO10Si4/c1-51(2,3)49(59)61-39-37-46(68-72(27,28)56(16,17)18)41-48-42-47(62-57(19,20)63-48)40-45(67-71(25,26)55(13,14)15)35-30-34-43(65-69(21,22)53(7,8)9)32-29-33-44(66-70(23,24)54(10,11)12)36-31-38-58-50(60)64-52(4,5)6/h29-30,32,35,43-48H,31,33-34,36-42H2,1-28H3,(H,58,60)/b32-29+,35-30+/t43-,44+,45-,46-,47+,48+/m1/s1. The summed E-state index contributed by atoms with van der Waals surface area (Å²) in [5, 5.41) is 3.05. The summed E-state index contributed by atoms with van der Waals surface area (Å²) in [6, 6.07) is 0. The van der Waals surface area contributed by atoms with E-state index in [0.29, 0.717) is 45.3 Å². The Morgan fingerprint density at radius 1 is 0.583 bits per heavy atom. The fourth-order valence-corrected chi connectivity index (χ4v) is 12.6. The Morgan fingerprint density at radius 2 is 1.00 bits per heavy atom. The fourth-order valence-electron chi connectivity index (χ4n) is 7.22. The van der Waals surface area contributed by atoms with Crippen LogP contribution in [0.5, 0.6) is 0 Å². The van der Waals surface area contributed by atoms with Crippen LogP contribution < -0.4 is 5.32 Å². The first-order valence-electron chi connectivity index (χ1n) is 27.5. The largest absolute Gasteiger partial charge is 0.465 e. The summed E-state index contributed by atoms with van der Waals surface area (Å²) in [5.41, 5.74) is -1.11. The molecule has 0 spiro atoms. The lowest BCUT2D eigenvalue weighted by Gasteiger charge is -2.45. The van der Waals surface area contributed by atoms with Crippen molar-refractivity contribution in [2.75, 3.05) is 13.2 Å². The van der Waals surface area contributed by atoms with E-state index in [4.69, 9.17) is 36.7 Å². The molecule has 1 aliphatic heterocycles. The number of alkyl carbamates (subject to hydrolysis) is 1. The van der Waals surface area contributed by atoms with Gasteiger partial charge in [0.05, 0.1) is 42.5 Å². The van der Waals surface area contributed by atoms with Gasteiger partial charge in [0.25, 0.3) is 0 Å². The van der Waals surface area contributed by atoms with Gasteiger partial charge >= 0.3 is 12.1 Å². The Morgan fingerprint density at radius 3 is 1.46 bits per heavy atom. The Labute approximate surface area is 448 Å². The number of carbonyl (C=O) groups is 2. The van der Waals surface area contributed by atoms with Crippen LogP contribution in [-0.2, 0) is 41.4 Å². The number of esters is 1. The van der Waals surface area contributed by atoms with Crippen molar-refractivity contribution in [3.8, 4) is 0 Å². The van der Waals surface area contributed by atoms with Crippen LogP contribution in [0.2, 0.25) is 72.5 Å². The van der Waals surface area contributed by atoms with E-state index in [-0.39, 0.29) is 62.7 Å². The van der Waals surface area contributed by atoms with Crippen LogP contribution >= 0.6 is 0 Å². The highest BCUT2D eigenvalue weighted by Gasteiger charge is 2.45. The molecule has 0 unspecified atom stereocenters. The third kappa shape index (κ3) is 24.9. The minimum absolute atomic E-state index is 0.00135. The molecule has 0 saturated carbocycles. The summed E-state index contributed by atoms with van der Waals surface area (Å²) in [5.74, 6) is -1.02. The van der Waals surface area contributed by atoms with Gasteiger partial charge in [0.1, 0.15) is 5.60 Å². The third-order valence-electron chi connectivity index (χ3n) is 15.6. The van der Waals surface area contributed by atoms with Gasteiger partial charge in [-0.1, -0.05) is 107 Å². The molecule has 1 saturated heterocycles. The van der Waals surface area contributed by atoms with E-state index in [1.165, 1.54) is 0 Å². The first kappa shape index (κ1) is 68.9. The van der Waals surface area contributed by atoms with E-state index in [0.717, 1.165) is 19.3 Å². The Hall–Kier alpha value is -1.15. The van der Waals surface area contributed by atoms with E-state index < -0.39 is 56.2 Å². The second-order valence-corrected chi connectivity index (χ2v) is 48.5. The number of carbonyl (C=O) groups excluding carboxylic acids is 2. The normalized spacial score (nSPS) is 20.1. The highest BCUT2D eigenvalue weighted by molar-refractivity contribution is 6.75. The zero-order valence-corrected chi connectivity index (χ0v) is 55.9. The van der Waals surface area contributed by atoms with E-state index in [1.807, 2.05) is 55.4 Å². The van der Waals surface area contributed by atoms with Crippen molar-refractivity contribution in [1.82, 2.24) is 5.32 Å². The van der Waals surface area contributed by atoms with Crippen LogP contribution in [0.3, 0.4) is 0 Å². The summed E-state index contributed by atoms with van der Waals surface area (Å²) in [6.07, 6.45) is 13.7. The Bertz CT molecular complexity index is 1720. The Balaban J connectivity index is 3.58. The van der Waals surface area contributed by atoms with Gasteiger partial charge in [-0.25, -0.2) is 4.79 Å². The number of hydrogen-bond acceptors (Lipinski definition) is 10. The molecule has 0 aromatic heterocycles. The molecule has 1 rings (SSSR count). The number of ether oxygens (including phenoxy) is 4. The maximum absolute atomic E-state index is 12.8. The van der Waals surface area contributed by atoms with Crippen molar-refractivity contribution < 1.29 is 46.2 Å². The maximum Gasteiger partial charge on any atom is 0.407 e. The van der Waals surface area contributed by atoms with E-state index in [1.54, 1.807) is 0 Å². The van der Waals surface area contributed by atoms with Crippen LogP contribution in [0, 0.1) is 5.41 Å². The first-order chi connectivity index (χ1) is 32.0. The predicted octanol–water partition coefficient (Wildman–Crippen LogP) is 16.4. The molecule has 1 N–H and O–H groups in total. The average molecular weight is 1090 g/mol. The molecule has 11 nitrogen and oxygen atoms in total. The minimum atomic E-state index is -2.23. The lowest BCUT2D eigenvalue weighted by molar-refractivity contribution is -0.304. The minimum Gasteiger partial charge on any atom is -0.465 e. The van der Waals surface area contributed by atoms with Crippen LogP contribution in [0.15, 0.2) is 24.3 Å². The Kier molecular flexibility index (Phi) is 25.3. The van der Waals surface area contributed by atoms with Crippen molar-refractivity contribution in [1.29, 1.82) is 0 Å². The maximum atomic E-state index is 12.8. The van der Waals surface area contributed by atoms with Gasteiger partial charge in [0.15, 0.2) is 39.1 Å². The van der Waals surface area contributed by atoms with Gasteiger partial charge in [-0.3, -0.25) is 4.79 Å². The highest BCUT2D eigenvalue weighted by Crippen LogP contribution is 2.43. The smallest absolute Gasteiger partial charge is 0.407 e. The summed E-state index contributed by atoms with van der Waals surface area (Å²) in [7, 11) is -8.67.